The van der Waals surface area contributed by atoms with Crippen molar-refractivity contribution in [3.8, 4) is 16.9 Å². The van der Waals surface area contributed by atoms with Crippen LogP contribution < -0.4 is 10.1 Å². The number of pyridine rings is 1. The molecule has 0 aliphatic heterocycles. The second-order valence-corrected chi connectivity index (χ2v) is 6.68. The topological polar surface area (TPSA) is 34.1 Å². The number of rotatable bonds is 3. The molecule has 2 aromatic carbocycles. The number of anilines is 1. The van der Waals surface area contributed by atoms with Crippen LogP contribution in [0.25, 0.3) is 22.0 Å². The molecular formula is C20H22N2O. The van der Waals surface area contributed by atoms with Crippen LogP contribution in [-0.4, -0.2) is 17.6 Å². The van der Waals surface area contributed by atoms with Gasteiger partial charge in [0.1, 0.15) is 11.6 Å². The molecule has 3 rings (SSSR count). The van der Waals surface area contributed by atoms with Crippen molar-refractivity contribution in [2.45, 2.75) is 26.3 Å². The maximum absolute atomic E-state index is 5.38. The summed E-state index contributed by atoms with van der Waals surface area (Å²) in [6.07, 6.45) is 0. The van der Waals surface area contributed by atoms with Crippen LogP contribution >= 0.6 is 0 Å². The number of aromatic nitrogens is 1. The van der Waals surface area contributed by atoms with Gasteiger partial charge in [0.05, 0.1) is 12.6 Å². The van der Waals surface area contributed by atoms with Gasteiger partial charge in [-0.05, 0) is 56.2 Å². The Hall–Kier alpha value is -2.55. The van der Waals surface area contributed by atoms with Crippen molar-refractivity contribution in [3.05, 3.63) is 54.6 Å². The molecule has 3 aromatic rings. The van der Waals surface area contributed by atoms with Crippen LogP contribution in [0.5, 0.6) is 5.75 Å². The molecule has 0 unspecified atom stereocenters. The van der Waals surface area contributed by atoms with Crippen molar-refractivity contribution in [1.29, 1.82) is 0 Å². The van der Waals surface area contributed by atoms with Crippen molar-refractivity contribution in [1.82, 2.24) is 4.98 Å². The van der Waals surface area contributed by atoms with E-state index in [-0.39, 0.29) is 5.54 Å². The van der Waals surface area contributed by atoms with Crippen LogP contribution in [0, 0.1) is 0 Å². The largest absolute Gasteiger partial charge is 0.497 e. The van der Waals surface area contributed by atoms with E-state index >= 15 is 0 Å². The third-order valence-electron chi connectivity index (χ3n) is 3.60. The highest BCUT2D eigenvalue weighted by Crippen LogP contribution is 2.33. The number of methoxy groups -OCH3 is 1. The van der Waals surface area contributed by atoms with E-state index in [1.807, 2.05) is 24.3 Å². The van der Waals surface area contributed by atoms with Gasteiger partial charge < -0.3 is 10.1 Å². The second kappa shape index (κ2) is 5.92. The minimum Gasteiger partial charge on any atom is -0.497 e. The third-order valence-corrected chi connectivity index (χ3v) is 3.60. The van der Waals surface area contributed by atoms with Crippen molar-refractivity contribution in [3.63, 3.8) is 0 Å². The monoisotopic (exact) mass is 306 g/mol. The lowest BCUT2D eigenvalue weighted by Gasteiger charge is -2.22. The van der Waals surface area contributed by atoms with Gasteiger partial charge in [-0.25, -0.2) is 4.98 Å². The number of fused-ring (bicyclic) bond motifs is 1. The summed E-state index contributed by atoms with van der Waals surface area (Å²) in [5.74, 6) is 1.72. The Morgan fingerprint density at radius 2 is 1.70 bits per heavy atom. The number of benzene rings is 2. The standard InChI is InChI=1S/C20H22N2O/c1-20(2,3)22-19-13-16(14-8-6-5-7-9-14)17-12-15(23-4)10-11-18(17)21-19/h5-13H,1-4H3,(H,21,22). The summed E-state index contributed by atoms with van der Waals surface area (Å²) in [7, 11) is 1.69. The zero-order chi connectivity index (χ0) is 16.4. The van der Waals surface area contributed by atoms with E-state index in [1.54, 1.807) is 7.11 Å². The lowest BCUT2D eigenvalue weighted by molar-refractivity contribution is 0.415. The summed E-state index contributed by atoms with van der Waals surface area (Å²) in [4.78, 5) is 4.76. The highest BCUT2D eigenvalue weighted by molar-refractivity contribution is 5.96. The van der Waals surface area contributed by atoms with E-state index in [9.17, 15) is 0 Å². The Morgan fingerprint density at radius 1 is 0.957 bits per heavy atom. The molecule has 0 amide bonds. The summed E-state index contributed by atoms with van der Waals surface area (Å²) in [5, 5.41) is 4.56. The maximum Gasteiger partial charge on any atom is 0.127 e. The van der Waals surface area contributed by atoms with Crippen molar-refractivity contribution < 1.29 is 4.74 Å². The van der Waals surface area contributed by atoms with Crippen molar-refractivity contribution >= 4 is 16.7 Å². The van der Waals surface area contributed by atoms with Crippen LogP contribution in [0.3, 0.4) is 0 Å². The second-order valence-electron chi connectivity index (χ2n) is 6.68. The Balaban J connectivity index is 2.24. The molecule has 0 radical (unpaired) electrons. The maximum atomic E-state index is 5.38. The van der Waals surface area contributed by atoms with E-state index in [1.165, 1.54) is 5.56 Å². The van der Waals surface area contributed by atoms with E-state index < -0.39 is 0 Å². The van der Waals surface area contributed by atoms with Gasteiger partial charge in [0.2, 0.25) is 0 Å². The molecule has 0 saturated carbocycles. The Labute approximate surface area is 137 Å². The minimum absolute atomic E-state index is 0.0406. The first kappa shape index (κ1) is 15.3. The molecule has 1 N–H and O–H groups in total. The first-order valence-electron chi connectivity index (χ1n) is 7.79. The van der Waals surface area contributed by atoms with E-state index in [0.29, 0.717) is 0 Å². The number of hydrogen-bond donors (Lipinski definition) is 1. The highest BCUT2D eigenvalue weighted by atomic mass is 16.5. The quantitative estimate of drug-likeness (QED) is 0.729. The Morgan fingerprint density at radius 3 is 2.35 bits per heavy atom. The molecule has 3 heteroatoms. The molecule has 0 aliphatic carbocycles. The van der Waals surface area contributed by atoms with Gasteiger partial charge in [-0.2, -0.15) is 0 Å². The van der Waals surface area contributed by atoms with Crippen LogP contribution in [0.2, 0.25) is 0 Å². The minimum atomic E-state index is -0.0406. The predicted molar refractivity (Wildman–Crippen MR) is 97.1 cm³/mol. The van der Waals surface area contributed by atoms with Gasteiger partial charge in [0.25, 0.3) is 0 Å². The van der Waals surface area contributed by atoms with Gasteiger partial charge in [0, 0.05) is 10.9 Å². The lowest BCUT2D eigenvalue weighted by Crippen LogP contribution is -2.26. The van der Waals surface area contributed by atoms with Crippen molar-refractivity contribution in [2.75, 3.05) is 12.4 Å². The third kappa shape index (κ3) is 3.45. The van der Waals surface area contributed by atoms with Crippen LogP contribution in [0.4, 0.5) is 5.82 Å². The van der Waals surface area contributed by atoms with Crippen LogP contribution in [0.1, 0.15) is 20.8 Å². The summed E-state index contributed by atoms with van der Waals surface area (Å²) in [6.45, 7) is 6.40. The summed E-state index contributed by atoms with van der Waals surface area (Å²) in [6, 6.07) is 18.5. The van der Waals surface area contributed by atoms with Gasteiger partial charge in [-0.3, -0.25) is 0 Å². The highest BCUT2D eigenvalue weighted by Gasteiger charge is 2.14. The lowest BCUT2D eigenvalue weighted by atomic mass is 10.0. The molecule has 0 fully saturated rings. The zero-order valence-electron chi connectivity index (χ0n) is 14.1. The number of nitrogens with one attached hydrogen (secondary N) is 1. The molecule has 1 heterocycles. The number of hydrogen-bond acceptors (Lipinski definition) is 3. The van der Waals surface area contributed by atoms with Crippen LogP contribution in [-0.2, 0) is 0 Å². The average Bonchev–Trinajstić information content (AvgIpc) is 2.53. The van der Waals surface area contributed by atoms with Gasteiger partial charge >= 0.3 is 0 Å². The Kier molecular flexibility index (Phi) is 3.95. The SMILES string of the molecule is COc1ccc2nc(NC(C)(C)C)cc(-c3ccccc3)c2c1. The molecule has 0 saturated heterocycles. The molecule has 0 bridgehead atoms. The van der Waals surface area contributed by atoms with E-state index in [4.69, 9.17) is 9.72 Å². The fraction of sp³-hybridized carbons (Fsp3) is 0.250. The smallest absolute Gasteiger partial charge is 0.127 e. The summed E-state index contributed by atoms with van der Waals surface area (Å²) >= 11 is 0. The molecule has 118 valence electrons. The summed E-state index contributed by atoms with van der Waals surface area (Å²) in [5.41, 5.74) is 3.24. The van der Waals surface area contributed by atoms with E-state index in [0.717, 1.165) is 28.0 Å². The molecule has 1 aromatic heterocycles. The molecule has 0 spiro atoms. The van der Waals surface area contributed by atoms with E-state index in [2.05, 4.69) is 56.4 Å². The van der Waals surface area contributed by atoms with Crippen molar-refractivity contribution in [2.24, 2.45) is 0 Å². The van der Waals surface area contributed by atoms with Crippen LogP contribution in [0.15, 0.2) is 54.6 Å². The first-order chi connectivity index (χ1) is 11.0. The number of nitrogens with zero attached hydrogens (tertiary/aromatic N) is 1. The molecule has 0 aliphatic rings. The Bertz CT molecular complexity index is 820. The van der Waals surface area contributed by atoms with Gasteiger partial charge in [-0.1, -0.05) is 30.3 Å². The molecule has 23 heavy (non-hydrogen) atoms. The summed E-state index contributed by atoms with van der Waals surface area (Å²) < 4.78 is 5.38. The zero-order valence-corrected chi connectivity index (χ0v) is 14.1. The fourth-order valence-corrected chi connectivity index (χ4v) is 2.64. The molecular weight excluding hydrogens is 284 g/mol. The normalized spacial score (nSPS) is 11.5. The fourth-order valence-electron chi connectivity index (χ4n) is 2.64. The number of ether oxygens (including phenoxy) is 1. The first-order valence-corrected chi connectivity index (χ1v) is 7.79. The van der Waals surface area contributed by atoms with Gasteiger partial charge in [-0.15, -0.1) is 0 Å². The molecule has 3 nitrogen and oxygen atoms in total. The molecule has 0 atom stereocenters. The van der Waals surface area contributed by atoms with Gasteiger partial charge in [0.15, 0.2) is 0 Å². The predicted octanol–water partition coefficient (Wildman–Crippen LogP) is 5.12. The average molecular weight is 306 g/mol.